The molecule has 2 amide bonds. The summed E-state index contributed by atoms with van der Waals surface area (Å²) in [5, 5.41) is 14.0. The van der Waals surface area contributed by atoms with Gasteiger partial charge in [0.1, 0.15) is 0 Å². The van der Waals surface area contributed by atoms with E-state index in [2.05, 4.69) is 17.2 Å². The minimum Gasteiger partial charge on any atom is -0.481 e. The third-order valence-corrected chi connectivity index (χ3v) is 1.97. The van der Waals surface area contributed by atoms with E-state index < -0.39 is 12.0 Å². The van der Waals surface area contributed by atoms with Crippen molar-refractivity contribution in [1.29, 1.82) is 0 Å². The molecular formula is C10H17ClN2O3. The maximum atomic E-state index is 11.3. The number of carboxylic acid groups (broad SMARTS) is 1. The molecule has 0 aliphatic carbocycles. The van der Waals surface area contributed by atoms with Crippen LogP contribution in [0, 0.1) is 0 Å². The number of halogens is 1. The molecule has 16 heavy (non-hydrogen) atoms. The van der Waals surface area contributed by atoms with E-state index in [0.717, 1.165) is 6.42 Å². The Kier molecular flexibility index (Phi) is 7.37. The van der Waals surface area contributed by atoms with Gasteiger partial charge in [0.15, 0.2) is 0 Å². The van der Waals surface area contributed by atoms with E-state index in [9.17, 15) is 9.59 Å². The molecular weight excluding hydrogens is 232 g/mol. The van der Waals surface area contributed by atoms with Gasteiger partial charge >= 0.3 is 12.0 Å². The topological polar surface area (TPSA) is 78.4 Å². The van der Waals surface area contributed by atoms with Crippen molar-refractivity contribution in [3.8, 4) is 0 Å². The number of carbonyl (C=O) groups is 2. The van der Waals surface area contributed by atoms with Crippen LogP contribution in [0.4, 0.5) is 4.79 Å². The zero-order valence-corrected chi connectivity index (χ0v) is 10.0. The molecule has 6 heteroatoms. The van der Waals surface area contributed by atoms with Gasteiger partial charge in [-0.25, -0.2) is 4.79 Å². The molecule has 0 saturated heterocycles. The van der Waals surface area contributed by atoms with E-state index in [0.29, 0.717) is 11.5 Å². The Morgan fingerprint density at radius 3 is 2.56 bits per heavy atom. The minimum atomic E-state index is -0.930. The summed E-state index contributed by atoms with van der Waals surface area (Å²) < 4.78 is 0. The Labute approximate surface area is 99.9 Å². The number of hydrogen-bond acceptors (Lipinski definition) is 2. The number of aliphatic carboxylic acids is 1. The van der Waals surface area contributed by atoms with E-state index in [1.54, 1.807) is 0 Å². The number of amides is 2. The second-order valence-electron chi connectivity index (χ2n) is 3.43. The summed E-state index contributed by atoms with van der Waals surface area (Å²) in [6.07, 6.45) is 1.35. The van der Waals surface area contributed by atoms with Crippen molar-refractivity contribution < 1.29 is 14.7 Å². The van der Waals surface area contributed by atoms with Crippen LogP contribution in [0.25, 0.3) is 0 Å². The van der Waals surface area contributed by atoms with Crippen LogP contribution >= 0.6 is 11.6 Å². The Morgan fingerprint density at radius 2 is 2.12 bits per heavy atom. The quantitative estimate of drug-likeness (QED) is 0.641. The van der Waals surface area contributed by atoms with Crippen molar-refractivity contribution in [3.05, 3.63) is 11.6 Å². The number of rotatable bonds is 7. The zero-order chi connectivity index (χ0) is 12.6. The van der Waals surface area contributed by atoms with Gasteiger partial charge in [-0.3, -0.25) is 4.79 Å². The summed E-state index contributed by atoms with van der Waals surface area (Å²) >= 11 is 5.47. The lowest BCUT2D eigenvalue weighted by Crippen LogP contribution is -2.43. The van der Waals surface area contributed by atoms with Crippen LogP contribution in [0.3, 0.4) is 0 Å². The summed E-state index contributed by atoms with van der Waals surface area (Å²) in [5.41, 5.74) is 0. The minimum absolute atomic E-state index is 0.0803. The number of urea groups is 1. The first-order chi connectivity index (χ1) is 7.45. The van der Waals surface area contributed by atoms with Gasteiger partial charge in [0.25, 0.3) is 0 Å². The molecule has 0 fully saturated rings. The standard InChI is InChI=1S/C10H17ClN2O3/c1-3-4-8(5-9(14)15)13-10(16)12-6-7(2)11/h8H,2-6H2,1H3,(H,14,15)(H2,12,13,16). The third kappa shape index (κ3) is 8.11. The molecule has 1 unspecified atom stereocenters. The first-order valence-corrected chi connectivity index (χ1v) is 5.43. The second-order valence-corrected chi connectivity index (χ2v) is 3.96. The van der Waals surface area contributed by atoms with Gasteiger partial charge in [0.05, 0.1) is 13.0 Å². The first-order valence-electron chi connectivity index (χ1n) is 5.05. The van der Waals surface area contributed by atoms with E-state index >= 15 is 0 Å². The van der Waals surface area contributed by atoms with Crippen molar-refractivity contribution in [2.45, 2.75) is 32.2 Å². The van der Waals surface area contributed by atoms with Crippen LogP contribution in [-0.4, -0.2) is 29.7 Å². The lowest BCUT2D eigenvalue weighted by atomic mass is 10.1. The summed E-state index contributed by atoms with van der Waals surface area (Å²) in [5.74, 6) is -0.930. The molecule has 0 heterocycles. The van der Waals surface area contributed by atoms with Crippen molar-refractivity contribution >= 4 is 23.6 Å². The van der Waals surface area contributed by atoms with Crippen molar-refractivity contribution in [2.24, 2.45) is 0 Å². The molecule has 0 spiro atoms. The molecule has 0 saturated carbocycles. The maximum Gasteiger partial charge on any atom is 0.315 e. The van der Waals surface area contributed by atoms with Crippen LogP contribution in [0.2, 0.25) is 0 Å². The fourth-order valence-corrected chi connectivity index (χ4v) is 1.26. The molecule has 0 aliphatic rings. The predicted octanol–water partition coefficient (Wildman–Crippen LogP) is 1.68. The average molecular weight is 249 g/mol. The molecule has 5 nitrogen and oxygen atoms in total. The monoisotopic (exact) mass is 248 g/mol. The Morgan fingerprint density at radius 1 is 1.50 bits per heavy atom. The highest BCUT2D eigenvalue weighted by atomic mass is 35.5. The molecule has 92 valence electrons. The third-order valence-electron chi connectivity index (χ3n) is 1.83. The van der Waals surface area contributed by atoms with Gasteiger partial charge in [-0.15, -0.1) is 0 Å². The smallest absolute Gasteiger partial charge is 0.315 e. The average Bonchev–Trinajstić information content (AvgIpc) is 2.14. The lowest BCUT2D eigenvalue weighted by molar-refractivity contribution is -0.137. The molecule has 0 bridgehead atoms. The van der Waals surface area contributed by atoms with Crippen molar-refractivity contribution in [1.82, 2.24) is 10.6 Å². The van der Waals surface area contributed by atoms with Crippen LogP contribution in [-0.2, 0) is 4.79 Å². The Bertz CT molecular complexity index is 269. The Balaban J connectivity index is 4.01. The zero-order valence-electron chi connectivity index (χ0n) is 9.25. The van der Waals surface area contributed by atoms with Crippen molar-refractivity contribution in [2.75, 3.05) is 6.54 Å². The van der Waals surface area contributed by atoms with Crippen molar-refractivity contribution in [3.63, 3.8) is 0 Å². The number of nitrogens with one attached hydrogen (secondary N) is 2. The summed E-state index contributed by atoms with van der Waals surface area (Å²) in [6.45, 7) is 5.51. The number of carbonyl (C=O) groups excluding carboxylic acids is 1. The van der Waals surface area contributed by atoms with Crippen LogP contribution < -0.4 is 10.6 Å². The highest BCUT2D eigenvalue weighted by molar-refractivity contribution is 6.29. The Hall–Kier alpha value is -1.23. The lowest BCUT2D eigenvalue weighted by Gasteiger charge is -2.16. The number of carboxylic acids is 1. The normalized spacial score (nSPS) is 11.6. The molecule has 0 rings (SSSR count). The highest BCUT2D eigenvalue weighted by Crippen LogP contribution is 2.01. The van der Waals surface area contributed by atoms with Gasteiger partial charge in [-0.1, -0.05) is 31.5 Å². The summed E-state index contributed by atoms with van der Waals surface area (Å²) in [7, 11) is 0. The number of hydrogen-bond donors (Lipinski definition) is 3. The summed E-state index contributed by atoms with van der Waals surface area (Å²) in [4.78, 5) is 21.8. The molecule has 1 atom stereocenters. The van der Waals surface area contributed by atoms with Gasteiger partial charge in [0.2, 0.25) is 0 Å². The van der Waals surface area contributed by atoms with Gasteiger partial charge in [-0.05, 0) is 6.42 Å². The molecule has 0 aromatic rings. The predicted molar refractivity (Wildman–Crippen MR) is 62.5 cm³/mol. The highest BCUT2D eigenvalue weighted by Gasteiger charge is 2.14. The molecule has 0 aliphatic heterocycles. The first kappa shape index (κ1) is 14.8. The van der Waals surface area contributed by atoms with E-state index in [-0.39, 0.29) is 19.0 Å². The van der Waals surface area contributed by atoms with E-state index in [1.807, 2.05) is 6.92 Å². The maximum absolute atomic E-state index is 11.3. The van der Waals surface area contributed by atoms with Crippen LogP contribution in [0.15, 0.2) is 11.6 Å². The SMILES string of the molecule is C=C(Cl)CNC(=O)NC(CCC)CC(=O)O. The second kappa shape index (κ2) is 7.98. The summed E-state index contributed by atoms with van der Waals surface area (Å²) in [6, 6.07) is -0.785. The van der Waals surface area contributed by atoms with Crippen LogP contribution in [0.5, 0.6) is 0 Å². The molecule has 0 aromatic carbocycles. The van der Waals surface area contributed by atoms with E-state index in [1.165, 1.54) is 0 Å². The molecule has 0 radical (unpaired) electrons. The van der Waals surface area contributed by atoms with Gasteiger partial charge in [-0.2, -0.15) is 0 Å². The van der Waals surface area contributed by atoms with Gasteiger partial charge < -0.3 is 15.7 Å². The van der Waals surface area contributed by atoms with Gasteiger partial charge in [0, 0.05) is 11.1 Å². The van der Waals surface area contributed by atoms with E-state index in [4.69, 9.17) is 16.7 Å². The fourth-order valence-electron chi connectivity index (χ4n) is 1.20. The fraction of sp³-hybridized carbons (Fsp3) is 0.600. The molecule has 3 N–H and O–H groups in total. The molecule has 0 aromatic heterocycles. The van der Waals surface area contributed by atoms with Crippen LogP contribution in [0.1, 0.15) is 26.2 Å². The largest absolute Gasteiger partial charge is 0.481 e.